The van der Waals surface area contributed by atoms with E-state index >= 15 is 0 Å². The highest BCUT2D eigenvalue weighted by molar-refractivity contribution is 9.11. The van der Waals surface area contributed by atoms with E-state index in [1.807, 2.05) is 20.8 Å². The van der Waals surface area contributed by atoms with Gasteiger partial charge >= 0.3 is 0 Å². The van der Waals surface area contributed by atoms with Gasteiger partial charge in [-0.3, -0.25) is 0 Å². The smallest absolute Gasteiger partial charge is 0.243 e. The van der Waals surface area contributed by atoms with Crippen LogP contribution in [0, 0.1) is 0 Å². The van der Waals surface area contributed by atoms with Crippen LogP contribution in [0.3, 0.4) is 0 Å². The lowest BCUT2D eigenvalue weighted by atomic mass is 9.98. The van der Waals surface area contributed by atoms with Gasteiger partial charge in [0.05, 0.1) is 3.79 Å². The first-order chi connectivity index (χ1) is 8.28. The molecular weight excluding hydrogens is 336 g/mol. The van der Waals surface area contributed by atoms with Crippen LogP contribution in [0.15, 0.2) is 14.7 Å². The molecule has 0 aromatic carbocycles. The molecule has 0 unspecified atom stereocenters. The zero-order valence-electron chi connectivity index (χ0n) is 10.8. The largest absolute Gasteiger partial charge is 0.326 e. The molecule has 0 aliphatic carbocycles. The van der Waals surface area contributed by atoms with E-state index in [1.54, 1.807) is 6.07 Å². The third-order valence-corrected chi connectivity index (χ3v) is 7.05. The standard InChI is InChI=1S/C11H19BrN2O2S2/c1-4-11(3,5-2)14-18(15,16)9-6-8(7-13)17-10(9)12/h6,14H,4-5,7,13H2,1-3H3. The fourth-order valence-electron chi connectivity index (χ4n) is 1.46. The highest BCUT2D eigenvalue weighted by Gasteiger charge is 2.29. The van der Waals surface area contributed by atoms with Crippen LogP contribution in [-0.2, 0) is 16.6 Å². The highest BCUT2D eigenvalue weighted by atomic mass is 79.9. The minimum absolute atomic E-state index is 0.279. The van der Waals surface area contributed by atoms with E-state index in [4.69, 9.17) is 5.73 Å². The van der Waals surface area contributed by atoms with E-state index in [-0.39, 0.29) is 4.90 Å². The molecule has 1 rings (SSSR count). The number of thiophene rings is 1. The van der Waals surface area contributed by atoms with Crippen LogP contribution in [-0.4, -0.2) is 14.0 Å². The number of rotatable bonds is 6. The molecule has 0 aliphatic rings. The molecule has 1 aromatic heterocycles. The molecule has 0 spiro atoms. The van der Waals surface area contributed by atoms with Gasteiger partial charge < -0.3 is 5.73 Å². The van der Waals surface area contributed by atoms with Crippen LogP contribution in [0.4, 0.5) is 0 Å². The second kappa shape index (κ2) is 6.00. The normalized spacial score (nSPS) is 12.9. The first-order valence-electron chi connectivity index (χ1n) is 5.80. The Labute approximate surface area is 121 Å². The van der Waals surface area contributed by atoms with Gasteiger partial charge in [0.2, 0.25) is 10.0 Å². The molecule has 3 N–H and O–H groups in total. The topological polar surface area (TPSA) is 72.2 Å². The van der Waals surface area contributed by atoms with Gasteiger partial charge in [-0.15, -0.1) is 11.3 Å². The Morgan fingerprint density at radius 1 is 1.44 bits per heavy atom. The minimum atomic E-state index is -3.50. The molecular formula is C11H19BrN2O2S2. The van der Waals surface area contributed by atoms with Crippen molar-refractivity contribution in [3.63, 3.8) is 0 Å². The van der Waals surface area contributed by atoms with Gasteiger partial charge in [0.1, 0.15) is 4.90 Å². The van der Waals surface area contributed by atoms with Gasteiger partial charge in [0, 0.05) is 17.0 Å². The Morgan fingerprint density at radius 2 is 2.00 bits per heavy atom. The Balaban J connectivity index is 3.10. The molecule has 1 aromatic rings. The van der Waals surface area contributed by atoms with Gasteiger partial charge in [0.25, 0.3) is 0 Å². The van der Waals surface area contributed by atoms with Crippen molar-refractivity contribution in [3.05, 3.63) is 14.7 Å². The quantitative estimate of drug-likeness (QED) is 0.824. The lowest BCUT2D eigenvalue weighted by Crippen LogP contribution is -2.44. The second-order valence-corrected chi connectivity index (χ2v) is 8.53. The van der Waals surface area contributed by atoms with Gasteiger partial charge in [-0.25, -0.2) is 13.1 Å². The van der Waals surface area contributed by atoms with Crippen LogP contribution in [0.2, 0.25) is 0 Å². The highest BCUT2D eigenvalue weighted by Crippen LogP contribution is 2.32. The summed E-state index contributed by atoms with van der Waals surface area (Å²) in [5, 5.41) is 0. The van der Waals surface area contributed by atoms with Gasteiger partial charge in [-0.1, -0.05) is 13.8 Å². The third kappa shape index (κ3) is 3.54. The summed E-state index contributed by atoms with van der Waals surface area (Å²) in [6, 6.07) is 1.63. The van der Waals surface area contributed by atoms with E-state index in [0.717, 1.165) is 17.7 Å². The maximum atomic E-state index is 12.3. The number of hydrogen-bond donors (Lipinski definition) is 2. The Kier molecular flexibility index (Phi) is 5.37. The van der Waals surface area contributed by atoms with Crippen molar-refractivity contribution in [3.8, 4) is 0 Å². The molecule has 0 saturated carbocycles. The lowest BCUT2D eigenvalue weighted by molar-refractivity contribution is 0.388. The van der Waals surface area contributed by atoms with Crippen molar-refractivity contribution >= 4 is 37.3 Å². The van der Waals surface area contributed by atoms with Crippen LogP contribution >= 0.6 is 27.3 Å². The minimum Gasteiger partial charge on any atom is -0.326 e. The van der Waals surface area contributed by atoms with Crippen LogP contribution in [0.1, 0.15) is 38.5 Å². The van der Waals surface area contributed by atoms with Gasteiger partial charge in [-0.2, -0.15) is 0 Å². The lowest BCUT2D eigenvalue weighted by Gasteiger charge is -2.27. The number of nitrogens with two attached hydrogens (primary N) is 1. The maximum Gasteiger partial charge on any atom is 0.243 e. The Bertz CT molecular complexity index is 507. The summed E-state index contributed by atoms with van der Waals surface area (Å²) in [6.45, 7) is 6.20. The number of sulfonamides is 1. The summed E-state index contributed by atoms with van der Waals surface area (Å²) >= 11 is 4.64. The molecule has 0 amide bonds. The first kappa shape index (κ1) is 16.1. The summed E-state index contributed by atoms with van der Waals surface area (Å²) in [7, 11) is -3.50. The number of halogens is 1. The molecule has 0 aliphatic heterocycles. The maximum absolute atomic E-state index is 12.3. The molecule has 104 valence electrons. The van der Waals surface area contributed by atoms with E-state index in [2.05, 4.69) is 20.7 Å². The Morgan fingerprint density at radius 3 is 2.39 bits per heavy atom. The Hall–Kier alpha value is 0.0500. The molecule has 18 heavy (non-hydrogen) atoms. The monoisotopic (exact) mass is 354 g/mol. The SMILES string of the molecule is CCC(C)(CC)NS(=O)(=O)c1cc(CN)sc1Br. The summed E-state index contributed by atoms with van der Waals surface area (Å²) in [5.74, 6) is 0. The van der Waals surface area contributed by atoms with Gasteiger partial charge in [-0.05, 0) is 41.8 Å². The molecule has 4 nitrogen and oxygen atoms in total. The average molecular weight is 355 g/mol. The molecule has 0 saturated heterocycles. The zero-order valence-corrected chi connectivity index (χ0v) is 14.0. The van der Waals surface area contributed by atoms with Crippen LogP contribution in [0.25, 0.3) is 0 Å². The van der Waals surface area contributed by atoms with E-state index in [9.17, 15) is 8.42 Å². The van der Waals surface area contributed by atoms with Crippen molar-refractivity contribution < 1.29 is 8.42 Å². The fraction of sp³-hybridized carbons (Fsp3) is 0.636. The van der Waals surface area contributed by atoms with Crippen molar-refractivity contribution in [1.29, 1.82) is 0 Å². The molecule has 1 heterocycles. The summed E-state index contributed by atoms with van der Waals surface area (Å²) in [6.07, 6.45) is 1.49. The molecule has 0 bridgehead atoms. The third-order valence-electron chi connectivity index (χ3n) is 3.14. The van der Waals surface area contributed by atoms with E-state index in [0.29, 0.717) is 10.3 Å². The molecule has 0 fully saturated rings. The van der Waals surface area contributed by atoms with Gasteiger partial charge in [0.15, 0.2) is 0 Å². The van der Waals surface area contributed by atoms with E-state index in [1.165, 1.54) is 11.3 Å². The zero-order chi connectivity index (χ0) is 14.0. The molecule has 0 radical (unpaired) electrons. The van der Waals surface area contributed by atoms with Crippen LogP contribution in [0.5, 0.6) is 0 Å². The summed E-state index contributed by atoms with van der Waals surface area (Å²) in [5.41, 5.74) is 5.12. The van der Waals surface area contributed by atoms with Crippen molar-refractivity contribution in [1.82, 2.24) is 4.72 Å². The van der Waals surface area contributed by atoms with Crippen molar-refractivity contribution in [2.75, 3.05) is 0 Å². The van der Waals surface area contributed by atoms with Crippen LogP contribution < -0.4 is 10.5 Å². The average Bonchev–Trinajstić information content (AvgIpc) is 2.70. The second-order valence-electron chi connectivity index (χ2n) is 4.43. The first-order valence-corrected chi connectivity index (χ1v) is 8.89. The molecule has 7 heteroatoms. The number of hydrogen-bond acceptors (Lipinski definition) is 4. The molecule has 0 atom stereocenters. The predicted molar refractivity (Wildman–Crippen MR) is 79.2 cm³/mol. The predicted octanol–water partition coefficient (Wildman–Crippen LogP) is 2.83. The van der Waals surface area contributed by atoms with Crippen molar-refractivity contribution in [2.24, 2.45) is 5.73 Å². The summed E-state index contributed by atoms with van der Waals surface area (Å²) in [4.78, 5) is 1.12. The number of nitrogens with one attached hydrogen (secondary N) is 1. The summed E-state index contributed by atoms with van der Waals surface area (Å²) < 4.78 is 28.1. The van der Waals surface area contributed by atoms with Crippen molar-refractivity contribution in [2.45, 2.75) is 50.6 Å². The van der Waals surface area contributed by atoms with E-state index < -0.39 is 15.6 Å². The fourth-order valence-corrected chi connectivity index (χ4v) is 5.57.